The van der Waals surface area contributed by atoms with E-state index in [1.807, 2.05) is 42.8 Å². The van der Waals surface area contributed by atoms with Crippen LogP contribution in [0.15, 0.2) is 48.1 Å². The highest BCUT2D eigenvalue weighted by Gasteiger charge is 2.09. The Balaban J connectivity index is 2.02. The lowest BCUT2D eigenvalue weighted by Crippen LogP contribution is -1.85. The van der Waals surface area contributed by atoms with Crippen LogP contribution in [-0.4, -0.2) is 9.97 Å². The number of benzene rings is 1. The summed E-state index contributed by atoms with van der Waals surface area (Å²) in [6.07, 6.45) is 3.61. The maximum atomic E-state index is 8.95. The third-order valence-corrected chi connectivity index (χ3v) is 3.95. The van der Waals surface area contributed by atoms with E-state index in [1.165, 1.54) is 0 Å². The smallest absolute Gasteiger partial charge is 0.124 e. The molecule has 0 aliphatic rings. The van der Waals surface area contributed by atoms with Crippen molar-refractivity contribution in [3.63, 3.8) is 0 Å². The van der Waals surface area contributed by atoms with E-state index < -0.39 is 0 Å². The van der Waals surface area contributed by atoms with Crippen LogP contribution in [0, 0.1) is 18.3 Å². The van der Waals surface area contributed by atoms with E-state index in [4.69, 9.17) is 5.26 Å². The van der Waals surface area contributed by atoms with E-state index >= 15 is 0 Å². The number of nitrogens with zero attached hydrogens (tertiary/aromatic N) is 3. The molecule has 0 radical (unpaired) electrons. The SMILES string of the molecule is Cc1ccncc1-c1csc(-c2cccc(C#N)c2)n1. The van der Waals surface area contributed by atoms with Crippen LogP contribution in [0.5, 0.6) is 0 Å². The topological polar surface area (TPSA) is 49.6 Å². The molecule has 1 aromatic carbocycles. The van der Waals surface area contributed by atoms with Crippen LogP contribution in [0.25, 0.3) is 21.8 Å². The minimum absolute atomic E-state index is 0.650. The molecule has 20 heavy (non-hydrogen) atoms. The molecule has 0 aliphatic heterocycles. The van der Waals surface area contributed by atoms with Gasteiger partial charge in [0.15, 0.2) is 0 Å². The lowest BCUT2D eigenvalue weighted by molar-refractivity contribution is 1.27. The van der Waals surface area contributed by atoms with Gasteiger partial charge in [-0.25, -0.2) is 4.98 Å². The van der Waals surface area contributed by atoms with Gasteiger partial charge in [0.25, 0.3) is 0 Å². The van der Waals surface area contributed by atoms with Crippen molar-refractivity contribution in [3.8, 4) is 27.9 Å². The maximum Gasteiger partial charge on any atom is 0.124 e. The van der Waals surface area contributed by atoms with Crippen LogP contribution in [0.3, 0.4) is 0 Å². The third kappa shape index (κ3) is 2.31. The molecule has 3 nitrogen and oxygen atoms in total. The molecule has 2 aromatic heterocycles. The number of aryl methyl sites for hydroxylation is 1. The zero-order valence-corrected chi connectivity index (χ0v) is 11.7. The summed E-state index contributed by atoms with van der Waals surface area (Å²) >= 11 is 1.58. The van der Waals surface area contributed by atoms with Gasteiger partial charge in [0.1, 0.15) is 5.01 Å². The predicted octanol–water partition coefficient (Wildman–Crippen LogP) is 4.05. The van der Waals surface area contributed by atoms with Crippen LogP contribution < -0.4 is 0 Å². The summed E-state index contributed by atoms with van der Waals surface area (Å²) in [5.74, 6) is 0. The highest BCUT2D eigenvalue weighted by molar-refractivity contribution is 7.13. The number of hydrogen-bond acceptors (Lipinski definition) is 4. The van der Waals surface area contributed by atoms with Gasteiger partial charge in [-0.1, -0.05) is 12.1 Å². The fraction of sp³-hybridized carbons (Fsp3) is 0.0625. The summed E-state index contributed by atoms with van der Waals surface area (Å²) in [6, 6.07) is 11.6. The van der Waals surface area contributed by atoms with Crippen LogP contribution in [0.4, 0.5) is 0 Å². The third-order valence-electron chi connectivity index (χ3n) is 3.06. The number of aromatic nitrogens is 2. The van der Waals surface area contributed by atoms with Gasteiger partial charge in [-0.2, -0.15) is 5.26 Å². The first-order valence-corrected chi connectivity index (χ1v) is 7.03. The summed E-state index contributed by atoms with van der Waals surface area (Å²) in [5, 5.41) is 11.9. The first-order valence-electron chi connectivity index (χ1n) is 6.15. The van der Waals surface area contributed by atoms with E-state index in [1.54, 1.807) is 23.6 Å². The number of rotatable bonds is 2. The molecule has 0 fully saturated rings. The first-order chi connectivity index (χ1) is 9.78. The molecule has 3 aromatic rings. The normalized spacial score (nSPS) is 10.2. The molecule has 0 amide bonds. The minimum Gasteiger partial charge on any atom is -0.264 e. The fourth-order valence-corrected chi connectivity index (χ4v) is 2.80. The largest absolute Gasteiger partial charge is 0.264 e. The quantitative estimate of drug-likeness (QED) is 0.710. The number of thiazole rings is 1. The molecule has 0 saturated carbocycles. The van der Waals surface area contributed by atoms with Gasteiger partial charge in [-0.3, -0.25) is 4.98 Å². The van der Waals surface area contributed by atoms with Crippen LogP contribution in [0.2, 0.25) is 0 Å². The standard InChI is InChI=1S/C16H11N3S/c1-11-5-6-18-9-14(11)15-10-20-16(19-15)13-4-2-3-12(7-13)8-17/h2-7,9-10H,1H3. The highest BCUT2D eigenvalue weighted by atomic mass is 32.1. The molecule has 0 atom stereocenters. The molecular formula is C16H11N3S. The number of pyridine rings is 1. The van der Waals surface area contributed by atoms with Crippen molar-refractivity contribution >= 4 is 11.3 Å². The van der Waals surface area contributed by atoms with Crippen molar-refractivity contribution in [2.24, 2.45) is 0 Å². The second kappa shape index (κ2) is 5.24. The molecule has 4 heteroatoms. The molecule has 96 valence electrons. The van der Waals surface area contributed by atoms with Gasteiger partial charge >= 0.3 is 0 Å². The summed E-state index contributed by atoms with van der Waals surface area (Å²) in [7, 11) is 0. The molecule has 0 saturated heterocycles. The molecule has 0 N–H and O–H groups in total. The number of hydrogen-bond donors (Lipinski definition) is 0. The van der Waals surface area contributed by atoms with Gasteiger partial charge in [-0.05, 0) is 30.7 Å². The fourth-order valence-electron chi connectivity index (χ4n) is 1.98. The molecule has 0 unspecified atom stereocenters. The number of nitriles is 1. The van der Waals surface area contributed by atoms with Gasteiger partial charge in [0.2, 0.25) is 0 Å². The zero-order valence-electron chi connectivity index (χ0n) is 10.9. The van der Waals surface area contributed by atoms with Crippen molar-refractivity contribution in [2.45, 2.75) is 6.92 Å². The molecule has 3 rings (SSSR count). The molecule has 0 spiro atoms. The average Bonchev–Trinajstić information content (AvgIpc) is 2.97. The van der Waals surface area contributed by atoms with Gasteiger partial charge in [0, 0.05) is 28.9 Å². The van der Waals surface area contributed by atoms with Gasteiger partial charge in [-0.15, -0.1) is 11.3 Å². The Bertz CT molecular complexity index is 799. The first kappa shape index (κ1) is 12.5. The van der Waals surface area contributed by atoms with Gasteiger partial charge in [0.05, 0.1) is 17.3 Å². The molecular weight excluding hydrogens is 266 g/mol. The van der Waals surface area contributed by atoms with Crippen molar-refractivity contribution in [1.82, 2.24) is 9.97 Å². The predicted molar refractivity (Wildman–Crippen MR) is 80.2 cm³/mol. The lowest BCUT2D eigenvalue weighted by Gasteiger charge is -2.00. The van der Waals surface area contributed by atoms with Crippen LogP contribution in [-0.2, 0) is 0 Å². The Hall–Kier alpha value is -2.51. The molecule has 0 bridgehead atoms. The Kier molecular flexibility index (Phi) is 3.28. The Morgan fingerprint density at radius 1 is 1.25 bits per heavy atom. The highest BCUT2D eigenvalue weighted by Crippen LogP contribution is 2.30. The molecule has 0 aliphatic carbocycles. The van der Waals surface area contributed by atoms with E-state index in [0.717, 1.165) is 27.4 Å². The molecule has 2 heterocycles. The van der Waals surface area contributed by atoms with Crippen molar-refractivity contribution < 1.29 is 0 Å². The minimum atomic E-state index is 0.650. The Morgan fingerprint density at radius 2 is 2.15 bits per heavy atom. The van der Waals surface area contributed by atoms with E-state index in [2.05, 4.69) is 16.0 Å². The van der Waals surface area contributed by atoms with Crippen LogP contribution >= 0.6 is 11.3 Å². The van der Waals surface area contributed by atoms with E-state index in [-0.39, 0.29) is 0 Å². The van der Waals surface area contributed by atoms with Crippen molar-refractivity contribution in [2.75, 3.05) is 0 Å². The van der Waals surface area contributed by atoms with Crippen LogP contribution in [0.1, 0.15) is 11.1 Å². The monoisotopic (exact) mass is 277 g/mol. The summed E-state index contributed by atoms with van der Waals surface area (Å²) in [5.41, 5.74) is 4.76. The van der Waals surface area contributed by atoms with Crippen molar-refractivity contribution in [1.29, 1.82) is 5.26 Å². The maximum absolute atomic E-state index is 8.95. The van der Waals surface area contributed by atoms with Gasteiger partial charge < -0.3 is 0 Å². The summed E-state index contributed by atoms with van der Waals surface area (Å²) in [6.45, 7) is 2.05. The second-order valence-corrected chi connectivity index (χ2v) is 5.28. The van der Waals surface area contributed by atoms with Crippen molar-refractivity contribution in [3.05, 3.63) is 59.2 Å². The zero-order chi connectivity index (χ0) is 13.9. The second-order valence-electron chi connectivity index (χ2n) is 4.42. The Morgan fingerprint density at radius 3 is 2.95 bits per heavy atom. The summed E-state index contributed by atoms with van der Waals surface area (Å²) < 4.78 is 0. The average molecular weight is 277 g/mol. The van der Waals surface area contributed by atoms with E-state index in [0.29, 0.717) is 5.56 Å². The summed E-state index contributed by atoms with van der Waals surface area (Å²) in [4.78, 5) is 8.81. The van der Waals surface area contributed by atoms with E-state index in [9.17, 15) is 0 Å². The Labute approximate surface area is 121 Å². The lowest BCUT2D eigenvalue weighted by atomic mass is 10.1.